The van der Waals surface area contributed by atoms with E-state index < -0.39 is 54.6 Å². The Balaban J connectivity index is 1.97. The van der Waals surface area contributed by atoms with E-state index in [-0.39, 0.29) is 17.7 Å². The maximum Gasteiger partial charge on any atom is 0.338 e. The highest BCUT2D eigenvalue weighted by Crippen LogP contribution is 2.30. The molecular weight excluding hydrogens is 460 g/mol. The van der Waals surface area contributed by atoms with Crippen molar-refractivity contribution in [1.82, 2.24) is 0 Å². The summed E-state index contributed by atoms with van der Waals surface area (Å²) >= 11 is 0. The van der Waals surface area contributed by atoms with Gasteiger partial charge in [-0.2, -0.15) is 0 Å². The minimum atomic E-state index is -1.35. The van der Waals surface area contributed by atoms with Crippen molar-refractivity contribution in [2.24, 2.45) is 0 Å². The summed E-state index contributed by atoms with van der Waals surface area (Å²) in [4.78, 5) is 49.1. The van der Waals surface area contributed by atoms with Crippen LogP contribution in [0, 0.1) is 0 Å². The minimum absolute atomic E-state index is 0.221. The van der Waals surface area contributed by atoms with E-state index >= 15 is 0 Å². The van der Waals surface area contributed by atoms with E-state index in [2.05, 4.69) is 0 Å². The molecule has 1 aliphatic heterocycles. The zero-order chi connectivity index (χ0) is 25.4. The lowest BCUT2D eigenvalue weighted by atomic mass is 9.98. The maximum absolute atomic E-state index is 12.9. The van der Waals surface area contributed by atoms with Crippen molar-refractivity contribution in [2.45, 2.75) is 44.6 Å². The van der Waals surface area contributed by atoms with Crippen molar-refractivity contribution >= 4 is 23.9 Å². The van der Waals surface area contributed by atoms with Gasteiger partial charge in [0, 0.05) is 21.0 Å². The quantitative estimate of drug-likeness (QED) is 0.405. The largest absolute Gasteiger partial charge is 0.463 e. The summed E-state index contributed by atoms with van der Waals surface area (Å²) in [5.74, 6) is -2.80. The van der Waals surface area contributed by atoms with Gasteiger partial charge in [0.25, 0.3) is 0 Å². The third-order valence-corrected chi connectivity index (χ3v) is 5.08. The first-order chi connectivity index (χ1) is 16.8. The molecule has 1 fully saturated rings. The van der Waals surface area contributed by atoms with Gasteiger partial charge in [0.1, 0.15) is 12.7 Å². The highest BCUT2D eigenvalue weighted by atomic mass is 16.7. The SMILES string of the molecule is CO[C@@H]1O[C@H](COC(C)=O)[C@@H](OC(C)=O)[C@H](OC(=O)c2ccccc2)[C@H]1OC(=O)c1ccccc1. The summed E-state index contributed by atoms with van der Waals surface area (Å²) in [7, 11) is 1.30. The minimum Gasteiger partial charge on any atom is -0.463 e. The summed E-state index contributed by atoms with van der Waals surface area (Å²) in [6.45, 7) is 2.03. The second kappa shape index (κ2) is 12.1. The molecule has 0 aromatic heterocycles. The number of methoxy groups -OCH3 is 1. The number of esters is 4. The third kappa shape index (κ3) is 6.87. The van der Waals surface area contributed by atoms with Crippen LogP contribution in [0.5, 0.6) is 0 Å². The molecule has 3 rings (SSSR count). The monoisotopic (exact) mass is 486 g/mol. The average Bonchev–Trinajstić information content (AvgIpc) is 2.85. The van der Waals surface area contributed by atoms with Crippen molar-refractivity contribution in [3.05, 3.63) is 71.8 Å². The zero-order valence-electron chi connectivity index (χ0n) is 19.4. The molecule has 1 aliphatic rings. The van der Waals surface area contributed by atoms with Gasteiger partial charge in [0.05, 0.1) is 11.1 Å². The Bertz CT molecular complexity index is 1020. The Morgan fingerprint density at radius 2 is 1.23 bits per heavy atom. The van der Waals surface area contributed by atoms with Gasteiger partial charge in [0.2, 0.25) is 0 Å². The van der Waals surface area contributed by atoms with Gasteiger partial charge in [-0.1, -0.05) is 36.4 Å². The molecule has 10 nitrogen and oxygen atoms in total. The van der Waals surface area contributed by atoms with Crippen LogP contribution in [0.15, 0.2) is 60.7 Å². The van der Waals surface area contributed by atoms with Crippen LogP contribution >= 0.6 is 0 Å². The molecule has 0 amide bonds. The molecule has 1 saturated heterocycles. The number of hydrogen-bond donors (Lipinski definition) is 0. The number of ether oxygens (including phenoxy) is 6. The summed E-state index contributed by atoms with van der Waals surface area (Å²) in [5.41, 5.74) is 0.459. The Morgan fingerprint density at radius 1 is 0.714 bits per heavy atom. The Morgan fingerprint density at radius 3 is 1.69 bits per heavy atom. The summed E-state index contributed by atoms with van der Waals surface area (Å²) in [6.07, 6.45) is -6.26. The molecule has 186 valence electrons. The number of carbonyl (C=O) groups excluding carboxylic acids is 4. The van der Waals surface area contributed by atoms with Crippen LogP contribution in [-0.4, -0.2) is 68.3 Å². The molecule has 0 N–H and O–H groups in total. The normalized spacial score (nSPS) is 23.6. The standard InChI is InChI=1S/C25H26O10/c1-15(26)31-14-19-20(32-16(2)27)21(34-23(28)17-10-6-4-7-11-17)22(25(30-3)33-19)35-24(29)18-12-8-5-9-13-18/h4-13,19-22,25H,14H2,1-3H3/t19-,20-,21+,22-,25-/m1/s1. The summed E-state index contributed by atoms with van der Waals surface area (Å²) in [5, 5.41) is 0. The fourth-order valence-corrected chi connectivity index (χ4v) is 3.53. The molecule has 2 aromatic carbocycles. The van der Waals surface area contributed by atoms with Crippen molar-refractivity contribution in [1.29, 1.82) is 0 Å². The molecule has 1 heterocycles. The molecular formula is C25H26O10. The van der Waals surface area contributed by atoms with Crippen LogP contribution in [0.3, 0.4) is 0 Å². The Labute approximate surface area is 202 Å². The summed E-state index contributed by atoms with van der Waals surface area (Å²) < 4.78 is 33.0. The van der Waals surface area contributed by atoms with Gasteiger partial charge >= 0.3 is 23.9 Å². The first-order valence-corrected chi connectivity index (χ1v) is 10.8. The van der Waals surface area contributed by atoms with E-state index in [1.54, 1.807) is 48.5 Å². The topological polar surface area (TPSA) is 124 Å². The second-order valence-corrected chi connectivity index (χ2v) is 7.63. The van der Waals surface area contributed by atoms with E-state index in [1.807, 2.05) is 0 Å². The number of benzene rings is 2. The number of hydrogen-bond acceptors (Lipinski definition) is 10. The van der Waals surface area contributed by atoms with Gasteiger partial charge in [0.15, 0.2) is 24.6 Å². The third-order valence-electron chi connectivity index (χ3n) is 5.08. The molecule has 0 saturated carbocycles. The maximum atomic E-state index is 12.9. The van der Waals surface area contributed by atoms with Crippen LogP contribution in [0.25, 0.3) is 0 Å². The molecule has 0 radical (unpaired) electrons. The van der Waals surface area contributed by atoms with Crippen molar-refractivity contribution in [3.63, 3.8) is 0 Å². The smallest absolute Gasteiger partial charge is 0.338 e. The average molecular weight is 486 g/mol. The Kier molecular flexibility index (Phi) is 8.93. The van der Waals surface area contributed by atoms with Gasteiger partial charge < -0.3 is 28.4 Å². The molecule has 2 aromatic rings. The van der Waals surface area contributed by atoms with Crippen molar-refractivity contribution in [2.75, 3.05) is 13.7 Å². The molecule has 0 aliphatic carbocycles. The highest BCUT2D eigenvalue weighted by molar-refractivity contribution is 5.90. The van der Waals surface area contributed by atoms with Gasteiger partial charge in [-0.25, -0.2) is 9.59 Å². The summed E-state index contributed by atoms with van der Waals surface area (Å²) in [6, 6.07) is 16.3. The fraction of sp³-hybridized carbons (Fsp3) is 0.360. The number of rotatable bonds is 8. The molecule has 0 unspecified atom stereocenters. The lowest BCUT2D eigenvalue weighted by Crippen LogP contribution is -2.62. The van der Waals surface area contributed by atoms with Gasteiger partial charge in [-0.15, -0.1) is 0 Å². The van der Waals surface area contributed by atoms with E-state index in [1.165, 1.54) is 26.2 Å². The Hall–Kier alpha value is -3.76. The first kappa shape index (κ1) is 25.9. The van der Waals surface area contributed by atoms with Crippen molar-refractivity contribution < 1.29 is 47.6 Å². The lowest BCUT2D eigenvalue weighted by molar-refractivity contribution is -0.295. The zero-order valence-corrected chi connectivity index (χ0v) is 19.4. The molecule has 0 bridgehead atoms. The predicted octanol–water partition coefficient (Wildman–Crippen LogP) is 2.30. The van der Waals surface area contributed by atoms with Crippen LogP contribution in [-0.2, 0) is 38.0 Å². The highest BCUT2D eigenvalue weighted by Gasteiger charge is 2.53. The van der Waals surface area contributed by atoms with Crippen LogP contribution in [0.1, 0.15) is 34.6 Å². The van der Waals surface area contributed by atoms with E-state index in [0.717, 1.165) is 6.92 Å². The molecule has 5 atom stereocenters. The first-order valence-electron chi connectivity index (χ1n) is 10.8. The van der Waals surface area contributed by atoms with Crippen molar-refractivity contribution in [3.8, 4) is 0 Å². The lowest BCUT2D eigenvalue weighted by Gasteiger charge is -2.43. The van der Waals surface area contributed by atoms with E-state index in [4.69, 9.17) is 28.4 Å². The molecule has 10 heteroatoms. The van der Waals surface area contributed by atoms with Crippen LogP contribution in [0.2, 0.25) is 0 Å². The second-order valence-electron chi connectivity index (χ2n) is 7.63. The fourth-order valence-electron chi connectivity index (χ4n) is 3.53. The predicted molar refractivity (Wildman–Crippen MR) is 119 cm³/mol. The van der Waals surface area contributed by atoms with Crippen LogP contribution < -0.4 is 0 Å². The molecule has 35 heavy (non-hydrogen) atoms. The van der Waals surface area contributed by atoms with Crippen LogP contribution in [0.4, 0.5) is 0 Å². The van der Waals surface area contributed by atoms with E-state index in [0.29, 0.717) is 0 Å². The number of carbonyl (C=O) groups is 4. The van der Waals surface area contributed by atoms with E-state index in [9.17, 15) is 19.2 Å². The van der Waals surface area contributed by atoms with Gasteiger partial charge in [-0.3, -0.25) is 9.59 Å². The molecule has 0 spiro atoms. The van der Waals surface area contributed by atoms with Gasteiger partial charge in [-0.05, 0) is 24.3 Å².